The Balaban J connectivity index is 0. The first kappa shape index (κ1) is 13.8. The van der Waals surface area contributed by atoms with Crippen LogP contribution in [0.25, 0.3) is 0 Å². The van der Waals surface area contributed by atoms with Crippen molar-refractivity contribution in [2.24, 2.45) is 0 Å². The molecular formula is C5H4Cl4O2. The second kappa shape index (κ2) is 10.2. The average Bonchev–Trinajstić information content (AvgIpc) is 1.85. The van der Waals surface area contributed by atoms with Crippen molar-refractivity contribution in [3.8, 4) is 0 Å². The number of hydrogen-bond donors (Lipinski definition) is 0. The molecule has 6 heteroatoms. The van der Waals surface area contributed by atoms with E-state index in [1.807, 2.05) is 0 Å². The molecule has 0 atom stereocenters. The maximum Gasteiger partial charge on any atom is 0.245 e. The monoisotopic (exact) mass is 236 g/mol. The van der Waals surface area contributed by atoms with Crippen molar-refractivity contribution in [2.45, 2.75) is 0 Å². The summed E-state index contributed by atoms with van der Waals surface area (Å²) in [5, 5.41) is -1.22. The van der Waals surface area contributed by atoms with Crippen LogP contribution in [0, 0.1) is 0 Å². The molecule has 0 aliphatic carbocycles. The molecule has 64 valence electrons. The maximum absolute atomic E-state index is 9.82. The number of carbonyl (C=O) groups is 2. The van der Waals surface area contributed by atoms with E-state index in [1.165, 1.54) is 0 Å². The van der Waals surface area contributed by atoms with Gasteiger partial charge in [-0.05, 0) is 23.2 Å². The molecule has 2 nitrogen and oxygen atoms in total. The largest absolute Gasteiger partial charge is 0.276 e. The van der Waals surface area contributed by atoms with Gasteiger partial charge in [0.2, 0.25) is 10.5 Å². The highest BCUT2D eigenvalue weighted by Crippen LogP contribution is 1.85. The van der Waals surface area contributed by atoms with Crippen LogP contribution in [0.4, 0.5) is 0 Å². The van der Waals surface area contributed by atoms with Crippen molar-refractivity contribution >= 4 is 56.9 Å². The van der Waals surface area contributed by atoms with Crippen molar-refractivity contribution in [1.82, 2.24) is 0 Å². The Morgan fingerprint density at radius 3 is 1.27 bits per heavy atom. The Hall–Kier alpha value is 0.240. The summed E-state index contributed by atoms with van der Waals surface area (Å²) in [5.41, 5.74) is 0. The molecule has 0 aliphatic heterocycles. The first-order valence-corrected chi connectivity index (χ1v) is 4.06. The quantitative estimate of drug-likeness (QED) is 0.420. The molecule has 0 heterocycles. The van der Waals surface area contributed by atoms with E-state index in [0.717, 1.165) is 12.2 Å². The fourth-order valence-electron chi connectivity index (χ4n) is 0.131. The highest BCUT2D eigenvalue weighted by atomic mass is 35.5. The van der Waals surface area contributed by atoms with Gasteiger partial charge in [-0.15, -0.1) is 23.2 Å². The van der Waals surface area contributed by atoms with Gasteiger partial charge in [0.25, 0.3) is 0 Å². The van der Waals surface area contributed by atoms with Crippen molar-refractivity contribution in [3.05, 3.63) is 12.2 Å². The molecule has 0 saturated heterocycles. The molecule has 0 saturated carbocycles. The molecule has 0 radical (unpaired) electrons. The lowest BCUT2D eigenvalue weighted by Gasteiger charge is -1.70. The number of carbonyl (C=O) groups excluding carboxylic acids is 2. The summed E-state index contributed by atoms with van der Waals surface area (Å²) >= 11 is 19.1. The van der Waals surface area contributed by atoms with E-state index in [4.69, 9.17) is 46.4 Å². The Bertz CT molecular complexity index is 139. The highest BCUT2D eigenvalue weighted by Gasteiger charge is 1.87. The first-order valence-electron chi connectivity index (χ1n) is 2.23. The molecule has 0 unspecified atom stereocenters. The minimum Gasteiger partial charge on any atom is -0.276 e. The third kappa shape index (κ3) is 25.3. The van der Waals surface area contributed by atoms with Gasteiger partial charge in [0, 0.05) is 12.2 Å². The molecule has 0 aromatic carbocycles. The van der Waals surface area contributed by atoms with Crippen molar-refractivity contribution in [1.29, 1.82) is 0 Å². The van der Waals surface area contributed by atoms with Gasteiger partial charge in [-0.25, -0.2) is 0 Å². The normalized spacial score (nSPS) is 8.73. The van der Waals surface area contributed by atoms with Crippen LogP contribution in [0.5, 0.6) is 0 Å². The van der Waals surface area contributed by atoms with E-state index in [2.05, 4.69) is 0 Å². The highest BCUT2D eigenvalue weighted by molar-refractivity contribution is 6.69. The molecule has 0 aromatic rings. The van der Waals surface area contributed by atoms with Crippen LogP contribution in [0.15, 0.2) is 12.2 Å². The summed E-state index contributed by atoms with van der Waals surface area (Å²) in [6, 6.07) is 0. The third-order valence-electron chi connectivity index (χ3n) is 0.345. The Morgan fingerprint density at radius 2 is 1.18 bits per heavy atom. The van der Waals surface area contributed by atoms with E-state index in [0.29, 0.717) is 0 Å². The average molecular weight is 238 g/mol. The smallest absolute Gasteiger partial charge is 0.245 e. The molecule has 0 aliphatic rings. The van der Waals surface area contributed by atoms with Gasteiger partial charge in [0.05, 0.1) is 5.34 Å². The minimum absolute atomic E-state index is 0.194. The van der Waals surface area contributed by atoms with Crippen LogP contribution in [0.1, 0.15) is 0 Å². The Kier molecular flexibility index (Phi) is 12.9. The van der Waals surface area contributed by atoms with Crippen LogP contribution >= 0.6 is 46.4 Å². The molecule has 0 N–H and O–H groups in total. The van der Waals surface area contributed by atoms with E-state index in [-0.39, 0.29) is 5.34 Å². The van der Waals surface area contributed by atoms with Crippen LogP contribution in [-0.4, -0.2) is 15.8 Å². The Morgan fingerprint density at radius 1 is 1.00 bits per heavy atom. The van der Waals surface area contributed by atoms with Gasteiger partial charge in [-0.3, -0.25) is 9.59 Å². The minimum atomic E-state index is -0.709. The van der Waals surface area contributed by atoms with Gasteiger partial charge in [0.1, 0.15) is 0 Å². The SMILES string of the molecule is ClCCl.O=C(Cl)/C=C/C(=O)Cl. The van der Waals surface area contributed by atoms with E-state index in [9.17, 15) is 9.59 Å². The zero-order chi connectivity index (χ0) is 9.28. The second-order valence-electron chi connectivity index (χ2n) is 1.04. The van der Waals surface area contributed by atoms with Crippen molar-refractivity contribution < 1.29 is 9.59 Å². The van der Waals surface area contributed by atoms with Crippen LogP contribution in [-0.2, 0) is 9.59 Å². The zero-order valence-corrected chi connectivity index (χ0v) is 8.21. The van der Waals surface area contributed by atoms with Gasteiger partial charge >= 0.3 is 0 Å². The maximum atomic E-state index is 9.82. The second-order valence-corrected chi connectivity index (χ2v) is 2.60. The van der Waals surface area contributed by atoms with Crippen molar-refractivity contribution in [3.63, 3.8) is 0 Å². The lowest BCUT2D eigenvalue weighted by molar-refractivity contribution is -0.109. The van der Waals surface area contributed by atoms with Gasteiger partial charge in [-0.2, -0.15) is 0 Å². The summed E-state index contributed by atoms with van der Waals surface area (Å²) < 4.78 is 0. The molecule has 0 aromatic heterocycles. The predicted molar refractivity (Wildman–Crippen MR) is 47.4 cm³/mol. The number of halogens is 4. The zero-order valence-electron chi connectivity index (χ0n) is 5.19. The number of rotatable bonds is 2. The lowest BCUT2D eigenvalue weighted by atomic mass is 10.6. The summed E-state index contributed by atoms with van der Waals surface area (Å²) in [6.07, 6.45) is 1.77. The third-order valence-corrected chi connectivity index (χ3v) is 0.597. The number of alkyl halides is 2. The van der Waals surface area contributed by atoms with E-state index >= 15 is 0 Å². The van der Waals surface area contributed by atoms with E-state index in [1.54, 1.807) is 0 Å². The van der Waals surface area contributed by atoms with Gasteiger partial charge < -0.3 is 0 Å². The first-order chi connectivity index (χ1) is 5.04. The van der Waals surface area contributed by atoms with Gasteiger partial charge in [0.15, 0.2) is 0 Å². The molecule has 0 amide bonds. The summed E-state index contributed by atoms with van der Waals surface area (Å²) in [7, 11) is 0. The van der Waals surface area contributed by atoms with Crippen LogP contribution in [0.3, 0.4) is 0 Å². The summed E-state index contributed by atoms with van der Waals surface area (Å²) in [5.74, 6) is 0. The topological polar surface area (TPSA) is 34.1 Å². The predicted octanol–water partition coefficient (Wildman–Crippen LogP) is 2.49. The van der Waals surface area contributed by atoms with Crippen LogP contribution < -0.4 is 0 Å². The fourth-order valence-corrected chi connectivity index (χ4v) is 0.257. The fraction of sp³-hybridized carbons (Fsp3) is 0.200. The Labute approximate surface area is 84.1 Å². The standard InChI is InChI=1S/C4H2Cl2O2.CH2Cl2/c5-3(7)1-2-4(6)8;2-1-3/h1-2H;1H2/b2-1+;. The molecule has 0 rings (SSSR count). The van der Waals surface area contributed by atoms with Gasteiger partial charge in [-0.1, -0.05) is 0 Å². The molecule has 0 fully saturated rings. The molecule has 11 heavy (non-hydrogen) atoms. The summed E-state index contributed by atoms with van der Waals surface area (Å²) in [6.45, 7) is 0. The molecule has 0 bridgehead atoms. The van der Waals surface area contributed by atoms with E-state index < -0.39 is 10.5 Å². The molecule has 0 spiro atoms. The lowest BCUT2D eigenvalue weighted by Crippen LogP contribution is -1.79. The van der Waals surface area contributed by atoms with Crippen LogP contribution in [0.2, 0.25) is 0 Å². The number of allylic oxidation sites excluding steroid dienone is 2. The summed E-state index contributed by atoms with van der Waals surface area (Å²) in [4.78, 5) is 19.6. The number of hydrogen-bond acceptors (Lipinski definition) is 2. The van der Waals surface area contributed by atoms with Crippen molar-refractivity contribution in [2.75, 3.05) is 5.34 Å². The molecular weight excluding hydrogens is 234 g/mol.